The summed E-state index contributed by atoms with van der Waals surface area (Å²) in [7, 11) is 0. The third-order valence-corrected chi connectivity index (χ3v) is 11.1. The summed E-state index contributed by atoms with van der Waals surface area (Å²) in [5.41, 5.74) is 0. The maximum atomic E-state index is 2.52. The first kappa shape index (κ1) is 46.0. The van der Waals surface area contributed by atoms with Crippen LogP contribution in [0.15, 0.2) is 0 Å². The van der Waals surface area contributed by atoms with Gasteiger partial charge in [-0.2, -0.15) is 0 Å². The van der Waals surface area contributed by atoms with E-state index in [1.54, 1.807) is 0 Å². The molecule has 0 fully saturated rings. The molecule has 0 nitrogen and oxygen atoms in total. The van der Waals surface area contributed by atoms with Crippen LogP contribution in [-0.2, 0) is 0 Å². The molecule has 278 valence electrons. The molecule has 46 heavy (non-hydrogen) atoms. The Morgan fingerprint density at radius 2 is 0.326 bits per heavy atom. The summed E-state index contributed by atoms with van der Waals surface area (Å²) in [5.74, 6) is 0.964. The second-order valence-electron chi connectivity index (χ2n) is 16.1. The summed E-state index contributed by atoms with van der Waals surface area (Å²) < 4.78 is 0. The van der Waals surface area contributed by atoms with Gasteiger partial charge in [0.25, 0.3) is 0 Å². The quantitative estimate of drug-likeness (QED) is 0.0579. The molecule has 0 amide bonds. The van der Waals surface area contributed by atoms with E-state index < -0.39 is 0 Å². The first-order chi connectivity index (χ1) is 22.8. The Hall–Kier alpha value is 0. The summed E-state index contributed by atoms with van der Waals surface area (Å²) in [6, 6.07) is 0. The smallest absolute Gasteiger partial charge is 0.0443 e. The van der Waals surface area contributed by atoms with Crippen LogP contribution in [0.25, 0.3) is 0 Å². The third-order valence-electron chi connectivity index (χ3n) is 11.1. The monoisotopic (exact) mass is 647 g/mol. The molecule has 0 aromatic heterocycles. The van der Waals surface area contributed by atoms with E-state index in [1.165, 1.54) is 270 Å². The van der Waals surface area contributed by atoms with E-state index >= 15 is 0 Å². The molecule has 0 saturated carbocycles. The Morgan fingerprint density at radius 3 is 0.478 bits per heavy atom. The number of hydrogen-bond donors (Lipinski definition) is 0. The van der Waals surface area contributed by atoms with E-state index in [0.29, 0.717) is 0 Å². The normalized spacial score (nSPS) is 12.3. The highest BCUT2D eigenvalue weighted by molar-refractivity contribution is 4.57. The van der Waals surface area contributed by atoms with Crippen molar-refractivity contribution >= 4 is 0 Å². The molecule has 0 spiro atoms. The molecule has 0 aliphatic carbocycles. The Balaban J connectivity index is 3.13. The molecule has 0 heterocycles. The van der Waals surface area contributed by atoms with Crippen molar-refractivity contribution < 1.29 is 0 Å². The zero-order chi connectivity index (χ0) is 33.3. The van der Waals surface area contributed by atoms with Crippen molar-refractivity contribution in [3.8, 4) is 0 Å². The summed E-state index contributed by atoms with van der Waals surface area (Å²) in [4.78, 5) is 0. The van der Waals surface area contributed by atoms with Crippen LogP contribution in [0.4, 0.5) is 0 Å². The van der Waals surface area contributed by atoms with Crippen molar-refractivity contribution in [2.24, 2.45) is 5.92 Å². The van der Waals surface area contributed by atoms with Gasteiger partial charge in [-0.25, -0.2) is 0 Å². The zero-order valence-electron chi connectivity index (χ0n) is 33.3. The van der Waals surface area contributed by atoms with E-state index in [0.717, 1.165) is 5.92 Å². The van der Waals surface area contributed by atoms with E-state index in [9.17, 15) is 0 Å². The van der Waals surface area contributed by atoms with Gasteiger partial charge in [0.15, 0.2) is 0 Å². The summed E-state index contributed by atoms with van der Waals surface area (Å²) in [5, 5.41) is 0. The van der Waals surface area contributed by atoms with Crippen LogP contribution < -0.4 is 0 Å². The van der Waals surface area contributed by atoms with Crippen molar-refractivity contribution in [3.05, 3.63) is 0 Å². The van der Waals surface area contributed by atoms with Crippen LogP contribution in [0.5, 0.6) is 0 Å². The molecule has 1 atom stereocenters. The van der Waals surface area contributed by atoms with Crippen LogP contribution in [0, 0.1) is 5.92 Å². The number of rotatable bonds is 42. The number of unbranched alkanes of at least 4 members (excludes halogenated alkanes) is 38. The minimum atomic E-state index is 0.964. The lowest BCUT2D eigenvalue weighted by Gasteiger charge is -2.11. The standard InChI is InChI=1S/C46H94/c1-4-6-8-10-12-14-16-18-20-22-24-25-26-27-29-31-33-35-37-39-41-43-45-46(3)44-42-40-38-36-34-32-30-28-23-21-19-17-15-13-11-9-7-5-2/h46H,4-45H2,1-3H3. The highest BCUT2D eigenvalue weighted by atomic mass is 14.1. The molecule has 1 unspecified atom stereocenters. The van der Waals surface area contributed by atoms with Gasteiger partial charge in [-0.1, -0.05) is 290 Å². The van der Waals surface area contributed by atoms with Gasteiger partial charge >= 0.3 is 0 Å². The molecule has 0 aliphatic heterocycles. The van der Waals surface area contributed by atoms with Crippen LogP contribution in [0.1, 0.15) is 290 Å². The first-order valence-electron chi connectivity index (χ1n) is 22.8. The molecular weight excluding hydrogens is 553 g/mol. The average molecular weight is 647 g/mol. The second-order valence-corrected chi connectivity index (χ2v) is 16.1. The van der Waals surface area contributed by atoms with E-state index in [1.807, 2.05) is 0 Å². The van der Waals surface area contributed by atoms with Crippen LogP contribution in [0.2, 0.25) is 0 Å². The third kappa shape index (κ3) is 42.0. The molecule has 0 heteroatoms. The Morgan fingerprint density at radius 1 is 0.196 bits per heavy atom. The summed E-state index contributed by atoms with van der Waals surface area (Å²) in [6.45, 7) is 7.14. The van der Waals surface area contributed by atoms with Crippen molar-refractivity contribution in [1.29, 1.82) is 0 Å². The van der Waals surface area contributed by atoms with Gasteiger partial charge in [0.1, 0.15) is 0 Å². The zero-order valence-corrected chi connectivity index (χ0v) is 33.3. The van der Waals surface area contributed by atoms with E-state index in [-0.39, 0.29) is 0 Å². The fraction of sp³-hybridized carbons (Fsp3) is 1.00. The molecule has 0 saturated heterocycles. The molecular formula is C46H94. The minimum absolute atomic E-state index is 0.964. The van der Waals surface area contributed by atoms with Gasteiger partial charge in [0.2, 0.25) is 0 Å². The van der Waals surface area contributed by atoms with E-state index in [4.69, 9.17) is 0 Å². The fourth-order valence-corrected chi connectivity index (χ4v) is 7.64. The minimum Gasteiger partial charge on any atom is -0.0654 e. The maximum Gasteiger partial charge on any atom is -0.0443 e. The van der Waals surface area contributed by atoms with Crippen molar-refractivity contribution in [1.82, 2.24) is 0 Å². The van der Waals surface area contributed by atoms with Gasteiger partial charge in [0.05, 0.1) is 0 Å². The van der Waals surface area contributed by atoms with Crippen molar-refractivity contribution in [2.75, 3.05) is 0 Å². The second kappa shape index (κ2) is 43.0. The SMILES string of the molecule is CCCCCCCCCCCCCCCCCCCCCCCCC(C)CCCCCCCCCCCCCCCCCCCC. The maximum absolute atomic E-state index is 2.52. The number of hydrogen-bond acceptors (Lipinski definition) is 0. The predicted octanol–water partition coefficient (Wildman–Crippen LogP) is 18.0. The molecule has 0 radical (unpaired) electrons. The summed E-state index contributed by atoms with van der Waals surface area (Å²) in [6.07, 6.45) is 62.2. The first-order valence-corrected chi connectivity index (χ1v) is 22.8. The Kier molecular flexibility index (Phi) is 43.0. The lowest BCUT2D eigenvalue weighted by molar-refractivity contribution is 0.429. The topological polar surface area (TPSA) is 0 Å². The Labute approximate surface area is 295 Å². The predicted molar refractivity (Wildman–Crippen MR) is 214 cm³/mol. The Bertz CT molecular complexity index is 494. The van der Waals surface area contributed by atoms with Crippen molar-refractivity contribution in [2.45, 2.75) is 290 Å². The highest BCUT2D eigenvalue weighted by Gasteiger charge is 2.03. The van der Waals surface area contributed by atoms with Gasteiger partial charge in [-0.15, -0.1) is 0 Å². The molecule has 0 rings (SSSR count). The average Bonchev–Trinajstić information content (AvgIpc) is 3.06. The molecule has 0 N–H and O–H groups in total. The lowest BCUT2D eigenvalue weighted by Crippen LogP contribution is -1.95. The highest BCUT2D eigenvalue weighted by Crippen LogP contribution is 2.20. The molecule has 0 aromatic rings. The molecule has 0 bridgehead atoms. The summed E-state index contributed by atoms with van der Waals surface area (Å²) >= 11 is 0. The lowest BCUT2D eigenvalue weighted by atomic mass is 9.95. The van der Waals surface area contributed by atoms with Gasteiger partial charge in [-0.05, 0) is 5.92 Å². The van der Waals surface area contributed by atoms with Crippen molar-refractivity contribution in [3.63, 3.8) is 0 Å². The molecule has 0 aliphatic rings. The van der Waals surface area contributed by atoms with Crippen LogP contribution >= 0.6 is 0 Å². The van der Waals surface area contributed by atoms with Gasteiger partial charge in [-0.3, -0.25) is 0 Å². The largest absolute Gasteiger partial charge is 0.0654 e. The van der Waals surface area contributed by atoms with Crippen LogP contribution in [-0.4, -0.2) is 0 Å². The van der Waals surface area contributed by atoms with Gasteiger partial charge in [0, 0.05) is 0 Å². The fourth-order valence-electron chi connectivity index (χ4n) is 7.64. The van der Waals surface area contributed by atoms with Gasteiger partial charge < -0.3 is 0 Å². The molecule has 0 aromatic carbocycles. The van der Waals surface area contributed by atoms with Crippen LogP contribution in [0.3, 0.4) is 0 Å². The van der Waals surface area contributed by atoms with E-state index in [2.05, 4.69) is 20.8 Å².